The molecule has 1 N–H and O–H groups in total. The highest BCUT2D eigenvalue weighted by Gasteiger charge is 2.20. The third kappa shape index (κ3) is 3.08. The summed E-state index contributed by atoms with van der Waals surface area (Å²) >= 11 is 1.15. The van der Waals surface area contributed by atoms with Gasteiger partial charge in [-0.3, -0.25) is 9.48 Å². The summed E-state index contributed by atoms with van der Waals surface area (Å²) in [7, 11) is 1.70. The lowest BCUT2D eigenvalue weighted by Crippen LogP contribution is -2.11. The minimum Gasteiger partial charge on any atom is -0.319 e. The van der Waals surface area contributed by atoms with E-state index in [0.29, 0.717) is 32.4 Å². The van der Waals surface area contributed by atoms with E-state index in [9.17, 15) is 18.0 Å². The van der Waals surface area contributed by atoms with Crippen molar-refractivity contribution in [3.8, 4) is 11.3 Å². The number of aromatic nitrogens is 2. The normalized spacial score (nSPS) is 11.1. The first-order chi connectivity index (χ1) is 12.9. The molecule has 0 saturated heterocycles. The Morgan fingerprint density at radius 3 is 2.59 bits per heavy atom. The number of anilines is 1. The van der Waals surface area contributed by atoms with Crippen LogP contribution in [0.5, 0.6) is 0 Å². The molecule has 4 rings (SSSR count). The van der Waals surface area contributed by atoms with Crippen molar-refractivity contribution < 1.29 is 18.0 Å². The Bertz CT molecular complexity index is 1180. The monoisotopic (exact) mass is 387 g/mol. The fourth-order valence-electron chi connectivity index (χ4n) is 2.78. The van der Waals surface area contributed by atoms with Gasteiger partial charge in [0, 0.05) is 24.1 Å². The van der Waals surface area contributed by atoms with Crippen LogP contribution >= 0.6 is 11.3 Å². The van der Waals surface area contributed by atoms with Crippen molar-refractivity contribution in [1.29, 1.82) is 0 Å². The summed E-state index contributed by atoms with van der Waals surface area (Å²) < 4.78 is 42.5. The summed E-state index contributed by atoms with van der Waals surface area (Å²) in [4.78, 5) is 13.5. The number of amides is 1. The molecule has 0 aliphatic heterocycles. The minimum absolute atomic E-state index is 0.119. The molecular formula is C19H12F3N3OS. The van der Waals surface area contributed by atoms with E-state index in [4.69, 9.17) is 0 Å². The average molecular weight is 387 g/mol. The molecule has 0 aliphatic carbocycles. The van der Waals surface area contributed by atoms with Crippen LogP contribution in [0, 0.1) is 17.5 Å². The summed E-state index contributed by atoms with van der Waals surface area (Å²) in [5.74, 6) is -2.55. The third-order valence-electron chi connectivity index (χ3n) is 4.04. The van der Waals surface area contributed by atoms with Gasteiger partial charge in [0.15, 0.2) is 0 Å². The molecule has 2 aromatic heterocycles. The third-order valence-corrected chi connectivity index (χ3v) is 5.24. The number of halogens is 3. The Labute approximate surface area is 155 Å². The van der Waals surface area contributed by atoms with Gasteiger partial charge in [0.1, 0.15) is 28.0 Å². The average Bonchev–Trinajstić information content (AvgIpc) is 3.19. The molecule has 8 heteroatoms. The zero-order valence-corrected chi connectivity index (χ0v) is 14.8. The van der Waals surface area contributed by atoms with Crippen molar-refractivity contribution in [3.05, 3.63) is 70.9 Å². The summed E-state index contributed by atoms with van der Waals surface area (Å²) in [6.07, 6.45) is 0. The highest BCUT2D eigenvalue weighted by Crippen LogP contribution is 2.35. The largest absolute Gasteiger partial charge is 0.319 e. The molecule has 4 aromatic rings. The molecule has 2 aromatic carbocycles. The Kier molecular flexibility index (Phi) is 4.19. The van der Waals surface area contributed by atoms with Gasteiger partial charge in [-0.25, -0.2) is 13.2 Å². The lowest BCUT2D eigenvalue weighted by Gasteiger charge is -2.04. The molecular weight excluding hydrogens is 375 g/mol. The number of nitrogens with zero attached hydrogens (tertiary/aromatic N) is 2. The van der Waals surface area contributed by atoms with Crippen LogP contribution in [-0.4, -0.2) is 15.7 Å². The van der Waals surface area contributed by atoms with Gasteiger partial charge in [-0.2, -0.15) is 5.10 Å². The second-order valence-corrected chi connectivity index (χ2v) is 6.89. The molecule has 0 unspecified atom stereocenters. The lowest BCUT2D eigenvalue weighted by atomic mass is 10.1. The molecule has 2 heterocycles. The minimum atomic E-state index is -0.863. The summed E-state index contributed by atoms with van der Waals surface area (Å²) in [6, 6.07) is 10.7. The van der Waals surface area contributed by atoms with Gasteiger partial charge < -0.3 is 5.32 Å². The number of aryl methyl sites for hydroxylation is 1. The van der Waals surface area contributed by atoms with E-state index in [1.807, 2.05) is 0 Å². The van der Waals surface area contributed by atoms with Crippen LogP contribution in [0.15, 0.2) is 48.5 Å². The maximum absolute atomic E-state index is 14.1. The smallest absolute Gasteiger partial charge is 0.265 e. The number of benzene rings is 2. The Morgan fingerprint density at radius 1 is 1.07 bits per heavy atom. The molecule has 0 bridgehead atoms. The van der Waals surface area contributed by atoms with Crippen molar-refractivity contribution in [2.75, 3.05) is 5.32 Å². The summed E-state index contributed by atoms with van der Waals surface area (Å²) in [5, 5.41) is 7.39. The number of hydrogen-bond donors (Lipinski definition) is 1. The van der Waals surface area contributed by atoms with Crippen molar-refractivity contribution >= 4 is 33.1 Å². The zero-order chi connectivity index (χ0) is 19.1. The molecule has 136 valence electrons. The van der Waals surface area contributed by atoms with Gasteiger partial charge in [0.05, 0.1) is 10.6 Å². The number of thiophene rings is 1. The number of nitrogens with one attached hydrogen (secondary N) is 1. The van der Waals surface area contributed by atoms with Crippen LogP contribution < -0.4 is 5.32 Å². The maximum atomic E-state index is 14.1. The van der Waals surface area contributed by atoms with E-state index < -0.39 is 23.4 Å². The number of fused-ring (bicyclic) bond motifs is 1. The molecule has 0 aliphatic rings. The van der Waals surface area contributed by atoms with Crippen molar-refractivity contribution in [3.63, 3.8) is 0 Å². The Morgan fingerprint density at radius 2 is 1.85 bits per heavy atom. The molecule has 1 amide bonds. The van der Waals surface area contributed by atoms with Crippen molar-refractivity contribution in [2.24, 2.45) is 7.05 Å². The van der Waals surface area contributed by atoms with Gasteiger partial charge >= 0.3 is 0 Å². The van der Waals surface area contributed by atoms with Crippen LogP contribution in [0.25, 0.3) is 21.5 Å². The second-order valence-electron chi connectivity index (χ2n) is 5.86. The van der Waals surface area contributed by atoms with Gasteiger partial charge in [-0.15, -0.1) is 11.3 Å². The van der Waals surface area contributed by atoms with Crippen molar-refractivity contribution in [2.45, 2.75) is 0 Å². The topological polar surface area (TPSA) is 46.9 Å². The van der Waals surface area contributed by atoms with Crippen LogP contribution in [0.4, 0.5) is 18.9 Å². The Balaban J connectivity index is 1.72. The van der Waals surface area contributed by atoms with Gasteiger partial charge in [0.2, 0.25) is 0 Å². The van der Waals surface area contributed by atoms with Gasteiger partial charge in [0.25, 0.3) is 5.91 Å². The lowest BCUT2D eigenvalue weighted by molar-refractivity contribution is 0.103. The van der Waals surface area contributed by atoms with E-state index in [0.717, 1.165) is 23.5 Å². The first kappa shape index (κ1) is 17.3. The SMILES string of the molecule is Cn1nc(-c2ccccc2F)c2cc(C(=O)Nc3ccc(F)cc3F)sc21. The standard InChI is InChI=1S/C19H12F3N3OS/c1-25-19-12(17(24-25)11-4-2-3-5-13(11)21)9-16(27-19)18(26)23-15-7-6-10(20)8-14(15)22/h2-9H,1H3,(H,23,26). The van der Waals surface area contributed by atoms with Crippen LogP contribution in [-0.2, 0) is 7.05 Å². The number of hydrogen-bond acceptors (Lipinski definition) is 3. The number of carbonyl (C=O) groups is 1. The first-order valence-corrected chi connectivity index (χ1v) is 8.73. The molecule has 0 radical (unpaired) electrons. The van der Waals surface area contributed by atoms with E-state index in [1.165, 1.54) is 6.07 Å². The molecule has 0 spiro atoms. The predicted octanol–water partition coefficient (Wildman–Crippen LogP) is 4.97. The summed E-state index contributed by atoms with van der Waals surface area (Å²) in [6.45, 7) is 0. The van der Waals surface area contributed by atoms with Gasteiger partial charge in [-0.1, -0.05) is 12.1 Å². The number of rotatable bonds is 3. The molecule has 0 saturated carbocycles. The molecule has 4 nitrogen and oxygen atoms in total. The Hall–Kier alpha value is -3.13. The summed E-state index contributed by atoms with van der Waals surface area (Å²) in [5.41, 5.74) is 0.637. The van der Waals surface area contributed by atoms with Crippen molar-refractivity contribution in [1.82, 2.24) is 9.78 Å². The van der Waals surface area contributed by atoms with Gasteiger partial charge in [-0.05, 0) is 30.3 Å². The van der Waals surface area contributed by atoms with Crippen LogP contribution in [0.2, 0.25) is 0 Å². The van der Waals surface area contributed by atoms with E-state index in [2.05, 4.69) is 10.4 Å². The van der Waals surface area contributed by atoms with E-state index in [-0.39, 0.29) is 5.69 Å². The van der Waals surface area contributed by atoms with E-state index >= 15 is 0 Å². The first-order valence-electron chi connectivity index (χ1n) is 7.92. The second kappa shape index (κ2) is 6.55. The highest BCUT2D eigenvalue weighted by atomic mass is 32.1. The maximum Gasteiger partial charge on any atom is 0.265 e. The quantitative estimate of drug-likeness (QED) is 0.539. The van der Waals surface area contributed by atoms with Crippen LogP contribution in [0.3, 0.4) is 0 Å². The molecule has 0 fully saturated rings. The van der Waals surface area contributed by atoms with Crippen LogP contribution in [0.1, 0.15) is 9.67 Å². The highest BCUT2D eigenvalue weighted by molar-refractivity contribution is 7.20. The fourth-order valence-corrected chi connectivity index (χ4v) is 3.75. The predicted molar refractivity (Wildman–Crippen MR) is 98.3 cm³/mol. The zero-order valence-electron chi connectivity index (χ0n) is 14.0. The molecule has 0 atom stereocenters. The fraction of sp³-hybridized carbons (Fsp3) is 0.0526. The van der Waals surface area contributed by atoms with E-state index in [1.54, 1.807) is 36.0 Å². The molecule has 27 heavy (non-hydrogen) atoms. The number of carbonyl (C=O) groups excluding carboxylic acids is 1.